The van der Waals surface area contributed by atoms with Crippen molar-refractivity contribution < 1.29 is 8.42 Å². The summed E-state index contributed by atoms with van der Waals surface area (Å²) in [5.41, 5.74) is 2.24. The van der Waals surface area contributed by atoms with Crippen LogP contribution in [0, 0.1) is 5.92 Å². The Morgan fingerprint density at radius 1 is 1.35 bits per heavy atom. The fraction of sp³-hybridized carbons (Fsp3) is 0.538. The maximum absolute atomic E-state index is 11.9. The number of hydrogen-bond acceptors (Lipinski definition) is 3. The van der Waals surface area contributed by atoms with Crippen LogP contribution in [0.1, 0.15) is 30.5 Å². The molecular formula is C13H17NO2S. The highest BCUT2D eigenvalue weighted by Crippen LogP contribution is 2.33. The fourth-order valence-electron chi connectivity index (χ4n) is 2.77. The first-order valence-corrected chi connectivity index (χ1v) is 7.82. The molecule has 0 radical (unpaired) electrons. The second kappa shape index (κ2) is 3.82. The highest BCUT2D eigenvalue weighted by atomic mass is 32.2. The van der Waals surface area contributed by atoms with E-state index in [1.165, 1.54) is 5.56 Å². The van der Waals surface area contributed by atoms with Gasteiger partial charge in [-0.05, 0) is 36.0 Å². The zero-order valence-corrected chi connectivity index (χ0v) is 10.8. The summed E-state index contributed by atoms with van der Waals surface area (Å²) >= 11 is 0. The standard InChI is InChI=1S/C13H17NO2S/c1-9-8-14-13(9)11-4-5-12-10(7-11)3-2-6-17(12,15)16/h4-5,7,9,13-14H,2-3,6,8H2,1H3. The van der Waals surface area contributed by atoms with Crippen LogP contribution in [0.25, 0.3) is 0 Å². The van der Waals surface area contributed by atoms with Crippen LogP contribution in [0.2, 0.25) is 0 Å². The molecule has 0 amide bonds. The Bertz CT molecular complexity index is 551. The molecule has 1 N–H and O–H groups in total. The summed E-state index contributed by atoms with van der Waals surface area (Å²) in [6.07, 6.45) is 1.65. The number of sulfone groups is 1. The molecule has 17 heavy (non-hydrogen) atoms. The van der Waals surface area contributed by atoms with Gasteiger partial charge in [0.15, 0.2) is 9.84 Å². The third-order valence-electron chi connectivity index (χ3n) is 3.87. The van der Waals surface area contributed by atoms with Gasteiger partial charge in [0.25, 0.3) is 0 Å². The predicted molar refractivity (Wildman–Crippen MR) is 66.7 cm³/mol. The van der Waals surface area contributed by atoms with Gasteiger partial charge in [0.05, 0.1) is 10.6 Å². The third-order valence-corrected chi connectivity index (χ3v) is 5.76. The zero-order chi connectivity index (χ0) is 12.0. The Morgan fingerprint density at radius 2 is 2.18 bits per heavy atom. The van der Waals surface area contributed by atoms with Gasteiger partial charge in [-0.1, -0.05) is 19.1 Å². The molecule has 0 aromatic heterocycles. The summed E-state index contributed by atoms with van der Waals surface area (Å²) in [4.78, 5) is 0.555. The van der Waals surface area contributed by atoms with Crippen molar-refractivity contribution in [2.24, 2.45) is 5.92 Å². The number of aryl methyl sites for hydroxylation is 1. The van der Waals surface area contributed by atoms with Crippen molar-refractivity contribution >= 4 is 9.84 Å². The van der Waals surface area contributed by atoms with E-state index in [0.717, 1.165) is 24.9 Å². The van der Waals surface area contributed by atoms with Crippen LogP contribution in [-0.2, 0) is 16.3 Å². The van der Waals surface area contributed by atoms with Crippen LogP contribution in [0.15, 0.2) is 23.1 Å². The number of fused-ring (bicyclic) bond motifs is 1. The number of nitrogens with one attached hydrogen (secondary N) is 1. The van der Waals surface area contributed by atoms with Crippen LogP contribution in [-0.4, -0.2) is 20.7 Å². The van der Waals surface area contributed by atoms with E-state index in [4.69, 9.17) is 0 Å². The monoisotopic (exact) mass is 251 g/mol. The van der Waals surface area contributed by atoms with Crippen molar-refractivity contribution in [3.05, 3.63) is 29.3 Å². The van der Waals surface area contributed by atoms with E-state index in [-0.39, 0.29) is 0 Å². The lowest BCUT2D eigenvalue weighted by Gasteiger charge is -2.36. The molecule has 1 aromatic carbocycles. The molecule has 0 bridgehead atoms. The van der Waals surface area contributed by atoms with E-state index < -0.39 is 9.84 Å². The van der Waals surface area contributed by atoms with E-state index in [1.54, 1.807) is 6.07 Å². The van der Waals surface area contributed by atoms with Gasteiger partial charge >= 0.3 is 0 Å². The van der Waals surface area contributed by atoms with Gasteiger partial charge in [-0.2, -0.15) is 0 Å². The molecule has 92 valence electrons. The highest BCUT2D eigenvalue weighted by molar-refractivity contribution is 7.91. The van der Waals surface area contributed by atoms with Crippen LogP contribution in [0.4, 0.5) is 0 Å². The lowest BCUT2D eigenvalue weighted by atomic mass is 9.87. The van der Waals surface area contributed by atoms with Crippen molar-refractivity contribution in [1.82, 2.24) is 5.32 Å². The van der Waals surface area contributed by atoms with Crippen LogP contribution >= 0.6 is 0 Å². The van der Waals surface area contributed by atoms with Gasteiger partial charge in [0.1, 0.15) is 0 Å². The van der Waals surface area contributed by atoms with E-state index in [1.807, 2.05) is 6.07 Å². The largest absolute Gasteiger partial charge is 0.309 e. The van der Waals surface area contributed by atoms with Gasteiger partial charge in [0, 0.05) is 12.6 Å². The van der Waals surface area contributed by atoms with Gasteiger partial charge in [-0.15, -0.1) is 0 Å². The van der Waals surface area contributed by atoms with E-state index in [2.05, 4.69) is 18.3 Å². The Morgan fingerprint density at radius 3 is 2.82 bits per heavy atom. The smallest absolute Gasteiger partial charge is 0.178 e. The molecule has 2 heterocycles. The molecular weight excluding hydrogens is 234 g/mol. The average Bonchev–Trinajstić information content (AvgIpc) is 2.26. The molecule has 3 rings (SSSR count). The molecule has 2 aliphatic heterocycles. The van der Waals surface area contributed by atoms with Crippen molar-refractivity contribution in [3.63, 3.8) is 0 Å². The second-order valence-corrected chi connectivity index (χ2v) is 7.23. The molecule has 2 unspecified atom stereocenters. The van der Waals surface area contributed by atoms with Crippen LogP contribution in [0.5, 0.6) is 0 Å². The predicted octanol–water partition coefficient (Wildman–Crippen LogP) is 1.69. The Labute approximate surface area is 102 Å². The molecule has 2 atom stereocenters. The first-order chi connectivity index (χ1) is 8.08. The summed E-state index contributed by atoms with van der Waals surface area (Å²) in [6, 6.07) is 6.25. The lowest BCUT2D eigenvalue weighted by Crippen LogP contribution is -2.44. The molecule has 1 saturated heterocycles. The van der Waals surface area contributed by atoms with Crippen molar-refractivity contribution in [2.75, 3.05) is 12.3 Å². The Balaban J connectivity index is 2.02. The number of benzene rings is 1. The lowest BCUT2D eigenvalue weighted by molar-refractivity contribution is 0.258. The van der Waals surface area contributed by atoms with Gasteiger partial charge in [0.2, 0.25) is 0 Å². The summed E-state index contributed by atoms with van der Waals surface area (Å²) in [5, 5.41) is 3.39. The molecule has 3 nitrogen and oxygen atoms in total. The topological polar surface area (TPSA) is 46.2 Å². The molecule has 1 fully saturated rings. The van der Waals surface area contributed by atoms with Gasteiger partial charge in [-0.3, -0.25) is 0 Å². The summed E-state index contributed by atoms with van der Waals surface area (Å²) in [6.45, 7) is 3.28. The second-order valence-electron chi connectivity index (χ2n) is 5.15. The third kappa shape index (κ3) is 1.79. The summed E-state index contributed by atoms with van der Waals surface area (Å²) < 4.78 is 23.8. The maximum atomic E-state index is 11.9. The molecule has 0 aliphatic carbocycles. The molecule has 2 aliphatic rings. The summed E-state index contributed by atoms with van der Waals surface area (Å²) in [5.74, 6) is 0.950. The van der Waals surface area contributed by atoms with Crippen molar-refractivity contribution in [2.45, 2.75) is 30.7 Å². The average molecular weight is 251 g/mol. The van der Waals surface area contributed by atoms with E-state index in [9.17, 15) is 8.42 Å². The Kier molecular flexibility index (Phi) is 2.52. The molecule has 0 saturated carbocycles. The van der Waals surface area contributed by atoms with Gasteiger partial charge in [-0.25, -0.2) is 8.42 Å². The van der Waals surface area contributed by atoms with Crippen molar-refractivity contribution in [3.8, 4) is 0 Å². The molecule has 4 heteroatoms. The number of hydrogen-bond donors (Lipinski definition) is 1. The summed E-state index contributed by atoms with van der Waals surface area (Å²) in [7, 11) is -3.01. The molecule has 0 spiro atoms. The first-order valence-electron chi connectivity index (χ1n) is 6.17. The van der Waals surface area contributed by atoms with Crippen LogP contribution < -0.4 is 5.32 Å². The fourth-order valence-corrected chi connectivity index (χ4v) is 4.35. The Hall–Kier alpha value is -0.870. The maximum Gasteiger partial charge on any atom is 0.178 e. The van der Waals surface area contributed by atoms with E-state index >= 15 is 0 Å². The SMILES string of the molecule is CC1CNC1c1ccc2c(c1)CCCS2(=O)=O. The quantitative estimate of drug-likeness (QED) is 0.826. The molecule has 1 aromatic rings. The zero-order valence-electron chi connectivity index (χ0n) is 9.94. The van der Waals surface area contributed by atoms with E-state index in [0.29, 0.717) is 22.6 Å². The first kappa shape index (κ1) is 11.2. The minimum atomic E-state index is -3.01. The highest BCUT2D eigenvalue weighted by Gasteiger charge is 2.29. The minimum Gasteiger partial charge on any atom is -0.309 e. The van der Waals surface area contributed by atoms with Crippen LogP contribution in [0.3, 0.4) is 0 Å². The number of rotatable bonds is 1. The van der Waals surface area contributed by atoms with Crippen molar-refractivity contribution in [1.29, 1.82) is 0 Å². The van der Waals surface area contributed by atoms with Gasteiger partial charge < -0.3 is 5.32 Å². The normalized spacial score (nSPS) is 30.4. The minimum absolute atomic E-state index is 0.303.